The lowest BCUT2D eigenvalue weighted by molar-refractivity contribution is 0.0681. The molecule has 0 saturated carbocycles. The molecule has 1 aromatic rings. The summed E-state index contributed by atoms with van der Waals surface area (Å²) in [5, 5.41) is 21.8. The molecule has 0 radical (unpaired) electrons. The van der Waals surface area contributed by atoms with Gasteiger partial charge in [-0.15, -0.1) is 0 Å². The predicted molar refractivity (Wildman–Crippen MR) is 40.0 cm³/mol. The van der Waals surface area contributed by atoms with E-state index in [2.05, 4.69) is 5.10 Å². The summed E-state index contributed by atoms with van der Waals surface area (Å²) in [4.78, 5) is 0. The lowest BCUT2D eigenvalue weighted by Crippen LogP contribution is -2.38. The first kappa shape index (κ1) is 8.23. The minimum atomic E-state index is -0.677. The summed E-state index contributed by atoms with van der Waals surface area (Å²) in [7, 11) is 0. The van der Waals surface area contributed by atoms with E-state index in [1.54, 1.807) is 30.1 Å². The fourth-order valence-electron chi connectivity index (χ4n) is 0.783. The van der Waals surface area contributed by atoms with Crippen molar-refractivity contribution < 1.29 is 10.2 Å². The third-order valence-corrected chi connectivity index (χ3v) is 1.74. The van der Waals surface area contributed by atoms with Gasteiger partial charge in [0, 0.05) is 12.4 Å². The van der Waals surface area contributed by atoms with E-state index >= 15 is 0 Å². The van der Waals surface area contributed by atoms with E-state index < -0.39 is 5.54 Å². The van der Waals surface area contributed by atoms with Crippen LogP contribution in [-0.2, 0) is 5.54 Å². The van der Waals surface area contributed by atoms with E-state index in [9.17, 15) is 0 Å². The molecule has 1 rings (SSSR count). The summed E-state index contributed by atoms with van der Waals surface area (Å²) in [6.45, 7) is 1.50. The average molecular weight is 156 g/mol. The quantitative estimate of drug-likeness (QED) is 0.625. The van der Waals surface area contributed by atoms with Crippen molar-refractivity contribution in [3.8, 4) is 0 Å². The van der Waals surface area contributed by atoms with Crippen LogP contribution in [0.5, 0.6) is 0 Å². The van der Waals surface area contributed by atoms with Crippen molar-refractivity contribution in [3.63, 3.8) is 0 Å². The summed E-state index contributed by atoms with van der Waals surface area (Å²) in [6.07, 6.45) is 3.33. The Hall–Kier alpha value is -0.870. The van der Waals surface area contributed by atoms with E-state index in [1.165, 1.54) is 0 Å². The highest BCUT2D eigenvalue weighted by molar-refractivity contribution is 4.87. The lowest BCUT2D eigenvalue weighted by Gasteiger charge is -2.24. The molecule has 0 aliphatic carbocycles. The number of rotatable bonds is 3. The van der Waals surface area contributed by atoms with Crippen LogP contribution in [0.2, 0.25) is 0 Å². The highest BCUT2D eigenvalue weighted by Crippen LogP contribution is 2.11. The lowest BCUT2D eigenvalue weighted by atomic mass is 10.1. The van der Waals surface area contributed by atoms with Gasteiger partial charge in [0.05, 0.1) is 13.2 Å². The van der Waals surface area contributed by atoms with Crippen LogP contribution in [0.3, 0.4) is 0 Å². The Balaban J connectivity index is 2.87. The van der Waals surface area contributed by atoms with E-state index in [4.69, 9.17) is 10.2 Å². The van der Waals surface area contributed by atoms with Crippen LogP contribution in [-0.4, -0.2) is 33.2 Å². The third kappa shape index (κ3) is 1.41. The largest absolute Gasteiger partial charge is 0.394 e. The van der Waals surface area contributed by atoms with Gasteiger partial charge in [0.1, 0.15) is 5.54 Å². The fraction of sp³-hybridized carbons (Fsp3) is 0.571. The Morgan fingerprint density at radius 3 is 2.45 bits per heavy atom. The van der Waals surface area contributed by atoms with Gasteiger partial charge in [0.15, 0.2) is 0 Å². The second-order valence-corrected chi connectivity index (χ2v) is 2.76. The Bertz CT molecular complexity index is 204. The molecule has 0 bridgehead atoms. The topological polar surface area (TPSA) is 58.3 Å². The summed E-state index contributed by atoms with van der Waals surface area (Å²) < 4.78 is 1.55. The molecule has 62 valence electrons. The number of aliphatic hydroxyl groups is 2. The van der Waals surface area contributed by atoms with E-state index in [0.29, 0.717) is 0 Å². The van der Waals surface area contributed by atoms with Crippen molar-refractivity contribution in [1.29, 1.82) is 0 Å². The van der Waals surface area contributed by atoms with Crippen molar-refractivity contribution in [3.05, 3.63) is 18.5 Å². The van der Waals surface area contributed by atoms with E-state index in [0.717, 1.165) is 0 Å². The number of hydrogen-bond acceptors (Lipinski definition) is 3. The molecule has 1 aromatic heterocycles. The fourth-order valence-corrected chi connectivity index (χ4v) is 0.783. The van der Waals surface area contributed by atoms with Crippen molar-refractivity contribution in [2.45, 2.75) is 12.5 Å². The van der Waals surface area contributed by atoms with Gasteiger partial charge >= 0.3 is 0 Å². The number of aromatic nitrogens is 2. The van der Waals surface area contributed by atoms with Crippen molar-refractivity contribution in [2.75, 3.05) is 13.2 Å². The summed E-state index contributed by atoms with van der Waals surface area (Å²) in [5.41, 5.74) is -0.677. The average Bonchev–Trinajstić information content (AvgIpc) is 2.55. The number of aliphatic hydroxyl groups excluding tert-OH is 2. The van der Waals surface area contributed by atoms with Crippen LogP contribution in [0.4, 0.5) is 0 Å². The zero-order valence-corrected chi connectivity index (χ0v) is 6.44. The Kier molecular flexibility index (Phi) is 2.26. The second-order valence-electron chi connectivity index (χ2n) is 2.76. The standard InChI is InChI=1S/C7H12N2O2/c1-7(5-10,6-11)9-4-2-3-8-9/h2-4,10-11H,5-6H2,1H3. The molecule has 4 nitrogen and oxygen atoms in total. The summed E-state index contributed by atoms with van der Waals surface area (Å²) in [6, 6.07) is 1.75. The molecule has 4 heteroatoms. The Morgan fingerprint density at radius 1 is 1.45 bits per heavy atom. The van der Waals surface area contributed by atoms with Gasteiger partial charge in [-0.2, -0.15) is 5.10 Å². The molecule has 0 amide bonds. The molecule has 0 aliphatic heterocycles. The van der Waals surface area contributed by atoms with Crippen LogP contribution < -0.4 is 0 Å². The van der Waals surface area contributed by atoms with E-state index in [1.807, 2.05) is 0 Å². The first-order valence-electron chi connectivity index (χ1n) is 3.45. The van der Waals surface area contributed by atoms with Crippen LogP contribution >= 0.6 is 0 Å². The Morgan fingerprint density at radius 2 is 2.09 bits per heavy atom. The minimum Gasteiger partial charge on any atom is -0.394 e. The highest BCUT2D eigenvalue weighted by atomic mass is 16.3. The zero-order valence-electron chi connectivity index (χ0n) is 6.44. The smallest absolute Gasteiger partial charge is 0.106 e. The maximum atomic E-state index is 8.94. The van der Waals surface area contributed by atoms with Gasteiger partial charge in [-0.05, 0) is 13.0 Å². The van der Waals surface area contributed by atoms with Crippen molar-refractivity contribution in [1.82, 2.24) is 9.78 Å². The highest BCUT2D eigenvalue weighted by Gasteiger charge is 2.24. The molecular weight excluding hydrogens is 144 g/mol. The van der Waals surface area contributed by atoms with Gasteiger partial charge in [-0.1, -0.05) is 0 Å². The molecule has 0 saturated heterocycles. The minimum absolute atomic E-state index is 0.120. The van der Waals surface area contributed by atoms with Crippen molar-refractivity contribution in [2.24, 2.45) is 0 Å². The molecule has 0 fully saturated rings. The van der Waals surface area contributed by atoms with Gasteiger partial charge in [0.25, 0.3) is 0 Å². The number of hydrogen-bond donors (Lipinski definition) is 2. The molecule has 0 atom stereocenters. The molecule has 0 aromatic carbocycles. The van der Waals surface area contributed by atoms with Gasteiger partial charge in [0.2, 0.25) is 0 Å². The van der Waals surface area contributed by atoms with Gasteiger partial charge in [-0.3, -0.25) is 4.68 Å². The molecule has 0 aliphatic rings. The zero-order chi connectivity index (χ0) is 8.32. The SMILES string of the molecule is CC(CO)(CO)n1cccn1. The van der Waals surface area contributed by atoms with Gasteiger partial charge < -0.3 is 10.2 Å². The molecule has 1 heterocycles. The van der Waals surface area contributed by atoms with Gasteiger partial charge in [-0.25, -0.2) is 0 Å². The maximum Gasteiger partial charge on any atom is 0.106 e. The normalized spacial score (nSPS) is 11.9. The molecule has 0 spiro atoms. The number of nitrogens with zero attached hydrogens (tertiary/aromatic N) is 2. The molecule has 2 N–H and O–H groups in total. The molecule has 11 heavy (non-hydrogen) atoms. The van der Waals surface area contributed by atoms with Crippen LogP contribution in [0, 0.1) is 0 Å². The summed E-state index contributed by atoms with van der Waals surface area (Å²) in [5.74, 6) is 0. The second kappa shape index (κ2) is 3.02. The first-order valence-corrected chi connectivity index (χ1v) is 3.45. The van der Waals surface area contributed by atoms with Crippen LogP contribution in [0.15, 0.2) is 18.5 Å². The molecular formula is C7H12N2O2. The maximum absolute atomic E-state index is 8.94. The monoisotopic (exact) mass is 156 g/mol. The van der Waals surface area contributed by atoms with Crippen LogP contribution in [0.1, 0.15) is 6.92 Å². The van der Waals surface area contributed by atoms with E-state index in [-0.39, 0.29) is 13.2 Å². The molecule has 0 unspecified atom stereocenters. The van der Waals surface area contributed by atoms with Crippen molar-refractivity contribution >= 4 is 0 Å². The predicted octanol–water partition coefficient (Wildman–Crippen LogP) is -0.417. The Labute approximate surface area is 65.1 Å². The first-order chi connectivity index (χ1) is 5.23. The summed E-state index contributed by atoms with van der Waals surface area (Å²) >= 11 is 0. The third-order valence-electron chi connectivity index (χ3n) is 1.74. The van der Waals surface area contributed by atoms with Crippen LogP contribution in [0.25, 0.3) is 0 Å².